The van der Waals surface area contributed by atoms with Gasteiger partial charge in [0.05, 0.1) is 6.04 Å². The zero-order valence-corrected chi connectivity index (χ0v) is 18.7. The zero-order valence-electron chi connectivity index (χ0n) is 17.2. The molecule has 2 heterocycles. The number of benzene rings is 1. The van der Waals surface area contributed by atoms with Crippen LogP contribution in [0.1, 0.15) is 24.4 Å². The molecule has 1 amide bonds. The number of pyridine rings is 1. The van der Waals surface area contributed by atoms with Gasteiger partial charge in [-0.1, -0.05) is 29.8 Å². The second-order valence-corrected chi connectivity index (χ2v) is 9.96. The fraction of sp³-hybridized carbons (Fsp3) is 0.429. The van der Waals surface area contributed by atoms with Crippen LogP contribution < -0.4 is 5.32 Å². The molecule has 1 atom stereocenters. The summed E-state index contributed by atoms with van der Waals surface area (Å²) in [6.07, 6.45) is 3.87. The Labute approximate surface area is 183 Å². The van der Waals surface area contributed by atoms with Crippen LogP contribution in [0.15, 0.2) is 53.7 Å². The molecule has 0 aliphatic carbocycles. The molecule has 1 unspecified atom stereocenters. The van der Waals surface area contributed by atoms with E-state index in [0.717, 1.165) is 5.56 Å². The van der Waals surface area contributed by atoms with Crippen molar-refractivity contribution in [3.63, 3.8) is 0 Å². The summed E-state index contributed by atoms with van der Waals surface area (Å²) in [5, 5.41) is 3.69. The van der Waals surface area contributed by atoms with Crippen molar-refractivity contribution in [2.75, 3.05) is 33.7 Å². The number of nitrogens with one attached hydrogen (secondary N) is 1. The third-order valence-electron chi connectivity index (χ3n) is 5.45. The van der Waals surface area contributed by atoms with Crippen LogP contribution in [0.4, 0.5) is 0 Å². The average molecular weight is 451 g/mol. The van der Waals surface area contributed by atoms with E-state index in [0.29, 0.717) is 37.5 Å². The van der Waals surface area contributed by atoms with Gasteiger partial charge in [0.2, 0.25) is 15.9 Å². The molecule has 7 nitrogen and oxygen atoms in total. The Hall–Kier alpha value is -2.00. The molecule has 1 aromatic heterocycles. The number of hydrogen-bond donors (Lipinski definition) is 1. The van der Waals surface area contributed by atoms with Gasteiger partial charge in [0.25, 0.3) is 0 Å². The van der Waals surface area contributed by atoms with Crippen molar-refractivity contribution in [1.82, 2.24) is 19.5 Å². The van der Waals surface area contributed by atoms with Gasteiger partial charge < -0.3 is 10.2 Å². The predicted octanol–water partition coefficient (Wildman–Crippen LogP) is 2.55. The van der Waals surface area contributed by atoms with Crippen LogP contribution >= 0.6 is 11.6 Å². The van der Waals surface area contributed by atoms with E-state index in [-0.39, 0.29) is 22.8 Å². The number of halogens is 1. The second kappa shape index (κ2) is 9.87. The molecule has 0 saturated carbocycles. The molecule has 0 bridgehead atoms. The minimum atomic E-state index is -3.57. The van der Waals surface area contributed by atoms with Crippen LogP contribution in [0.5, 0.6) is 0 Å². The quantitative estimate of drug-likeness (QED) is 0.701. The van der Waals surface area contributed by atoms with Crippen molar-refractivity contribution in [1.29, 1.82) is 0 Å². The normalized spacial score (nSPS) is 17.1. The first-order chi connectivity index (χ1) is 14.3. The highest BCUT2D eigenvalue weighted by atomic mass is 35.5. The maximum atomic E-state index is 12.7. The maximum absolute atomic E-state index is 12.7. The van der Waals surface area contributed by atoms with Crippen LogP contribution in [0.2, 0.25) is 5.02 Å². The number of rotatable bonds is 7. The molecule has 9 heteroatoms. The van der Waals surface area contributed by atoms with Gasteiger partial charge in [0, 0.05) is 43.0 Å². The highest BCUT2D eigenvalue weighted by molar-refractivity contribution is 7.89. The van der Waals surface area contributed by atoms with Crippen LogP contribution in [-0.4, -0.2) is 62.2 Å². The van der Waals surface area contributed by atoms with Crippen molar-refractivity contribution in [3.8, 4) is 0 Å². The minimum absolute atomic E-state index is 0.0475. The number of sulfonamides is 1. The molecule has 2 aromatic rings. The van der Waals surface area contributed by atoms with E-state index >= 15 is 0 Å². The van der Waals surface area contributed by atoms with Crippen molar-refractivity contribution >= 4 is 27.5 Å². The second-order valence-electron chi connectivity index (χ2n) is 7.61. The minimum Gasteiger partial charge on any atom is -0.354 e. The maximum Gasteiger partial charge on any atom is 0.244 e. The Morgan fingerprint density at radius 3 is 2.53 bits per heavy atom. The standard InChI is InChI=1S/C21H27ClN4O3S/c1-25(2)20(18-7-3-4-8-19(18)22)15-24-21(27)16-9-12-26(13-10-16)30(28,29)17-6-5-11-23-14-17/h3-8,11,14,16,20H,9-10,12-13,15H2,1-2H3,(H,24,27). The van der Waals surface area contributed by atoms with Gasteiger partial charge in [0.1, 0.15) is 4.90 Å². The fourth-order valence-electron chi connectivity index (χ4n) is 3.66. The molecule has 0 spiro atoms. The average Bonchev–Trinajstić information content (AvgIpc) is 2.75. The number of piperidine rings is 1. The van der Waals surface area contributed by atoms with Gasteiger partial charge in [-0.25, -0.2) is 8.42 Å². The number of carbonyl (C=O) groups excluding carboxylic acids is 1. The van der Waals surface area contributed by atoms with Crippen molar-refractivity contribution in [2.24, 2.45) is 5.92 Å². The largest absolute Gasteiger partial charge is 0.354 e. The highest BCUT2D eigenvalue weighted by Gasteiger charge is 2.32. The van der Waals surface area contributed by atoms with E-state index in [1.165, 1.54) is 16.6 Å². The molecule has 1 fully saturated rings. The summed E-state index contributed by atoms with van der Waals surface area (Å²) in [7, 11) is 0.322. The lowest BCUT2D eigenvalue weighted by molar-refractivity contribution is -0.126. The summed E-state index contributed by atoms with van der Waals surface area (Å²) < 4.78 is 26.9. The van der Waals surface area contributed by atoms with E-state index in [9.17, 15) is 13.2 Å². The topological polar surface area (TPSA) is 82.6 Å². The summed E-state index contributed by atoms with van der Waals surface area (Å²) in [4.78, 5) is 18.8. The van der Waals surface area contributed by atoms with E-state index in [2.05, 4.69) is 10.3 Å². The van der Waals surface area contributed by atoms with E-state index in [4.69, 9.17) is 11.6 Å². The highest BCUT2D eigenvalue weighted by Crippen LogP contribution is 2.27. The summed E-state index contributed by atoms with van der Waals surface area (Å²) >= 11 is 6.33. The number of likely N-dealkylation sites (N-methyl/N-ethyl adjacent to an activating group) is 1. The van der Waals surface area contributed by atoms with Gasteiger partial charge in [-0.15, -0.1) is 0 Å². The van der Waals surface area contributed by atoms with Crippen LogP contribution in [0.3, 0.4) is 0 Å². The Kier molecular flexibility index (Phi) is 7.46. The fourth-order valence-corrected chi connectivity index (χ4v) is 5.36. The van der Waals surface area contributed by atoms with Crippen molar-refractivity contribution in [3.05, 3.63) is 59.4 Å². The molecule has 1 aromatic carbocycles. The van der Waals surface area contributed by atoms with Crippen molar-refractivity contribution in [2.45, 2.75) is 23.8 Å². The molecule has 1 saturated heterocycles. The molecule has 1 N–H and O–H groups in total. The van der Waals surface area contributed by atoms with Crippen molar-refractivity contribution < 1.29 is 13.2 Å². The lowest BCUT2D eigenvalue weighted by atomic mass is 9.97. The van der Waals surface area contributed by atoms with Gasteiger partial charge in [-0.05, 0) is 50.7 Å². The molecule has 1 aliphatic heterocycles. The van der Waals surface area contributed by atoms with Crippen LogP contribution in [0, 0.1) is 5.92 Å². The third kappa shape index (κ3) is 5.18. The Bertz CT molecular complexity index is 961. The van der Waals surface area contributed by atoms with Crippen LogP contribution in [-0.2, 0) is 14.8 Å². The van der Waals surface area contributed by atoms with Gasteiger partial charge in [0.15, 0.2) is 0 Å². The molecule has 0 radical (unpaired) electrons. The Balaban J connectivity index is 1.57. The number of amides is 1. The monoisotopic (exact) mass is 450 g/mol. The van der Waals surface area contributed by atoms with Gasteiger partial charge in [-0.3, -0.25) is 9.78 Å². The first-order valence-corrected chi connectivity index (χ1v) is 11.7. The van der Waals surface area contributed by atoms with E-state index in [1.54, 1.807) is 12.3 Å². The number of aromatic nitrogens is 1. The Morgan fingerprint density at radius 2 is 1.93 bits per heavy atom. The molecule has 1 aliphatic rings. The summed E-state index contributed by atoms with van der Waals surface area (Å²) in [6, 6.07) is 10.7. The number of nitrogens with zero attached hydrogens (tertiary/aromatic N) is 3. The molecule has 3 rings (SSSR count). The molecule has 162 valence electrons. The van der Waals surface area contributed by atoms with Crippen LogP contribution in [0.25, 0.3) is 0 Å². The first-order valence-electron chi connectivity index (χ1n) is 9.89. The third-order valence-corrected chi connectivity index (χ3v) is 7.68. The molecular weight excluding hydrogens is 424 g/mol. The molecular formula is C21H27ClN4O3S. The van der Waals surface area contributed by atoms with Gasteiger partial charge in [-0.2, -0.15) is 4.31 Å². The Morgan fingerprint density at radius 1 is 1.23 bits per heavy atom. The SMILES string of the molecule is CN(C)C(CNC(=O)C1CCN(S(=O)(=O)c2cccnc2)CC1)c1ccccc1Cl. The number of hydrogen-bond acceptors (Lipinski definition) is 5. The molecule has 30 heavy (non-hydrogen) atoms. The van der Waals surface area contributed by atoms with Gasteiger partial charge >= 0.3 is 0 Å². The zero-order chi connectivity index (χ0) is 21.7. The number of carbonyl (C=O) groups is 1. The van der Waals surface area contributed by atoms with E-state index < -0.39 is 10.0 Å². The lowest BCUT2D eigenvalue weighted by Gasteiger charge is -2.31. The predicted molar refractivity (Wildman–Crippen MR) is 117 cm³/mol. The van der Waals surface area contributed by atoms with E-state index in [1.807, 2.05) is 43.3 Å². The first kappa shape index (κ1) is 22.7. The summed E-state index contributed by atoms with van der Waals surface area (Å²) in [5.41, 5.74) is 0.960. The summed E-state index contributed by atoms with van der Waals surface area (Å²) in [6.45, 7) is 1.07. The lowest BCUT2D eigenvalue weighted by Crippen LogP contribution is -2.44. The summed E-state index contributed by atoms with van der Waals surface area (Å²) in [5.74, 6) is -0.258. The smallest absolute Gasteiger partial charge is 0.244 e.